The van der Waals surface area contributed by atoms with Crippen LogP contribution < -0.4 is 5.32 Å². The number of nitrogens with zero attached hydrogens (tertiary/aromatic N) is 3. The number of hydrogen-bond donors (Lipinski definition) is 1. The first kappa shape index (κ1) is 20.5. The van der Waals surface area contributed by atoms with Gasteiger partial charge in [-0.25, -0.2) is 18.4 Å². The summed E-state index contributed by atoms with van der Waals surface area (Å²) in [5, 5.41) is 3.18. The van der Waals surface area contributed by atoms with Crippen LogP contribution in [0.15, 0.2) is 36.8 Å². The first-order valence-corrected chi connectivity index (χ1v) is 12.3. The molecule has 8 heteroatoms. The molecule has 1 aromatic carbocycles. The van der Waals surface area contributed by atoms with Crippen molar-refractivity contribution in [2.45, 2.75) is 32.6 Å². The number of nitrogens with one attached hydrogen (secondary N) is 1. The summed E-state index contributed by atoms with van der Waals surface area (Å²) in [7, 11) is -2.98. The maximum Gasteiger partial charge on any atom is 0.180 e. The number of hydrogen-bond acceptors (Lipinski definition) is 6. The highest BCUT2D eigenvalue weighted by Crippen LogP contribution is 2.34. The lowest BCUT2D eigenvalue weighted by atomic mass is 9.98. The second-order valence-electron chi connectivity index (χ2n) is 8.12. The third-order valence-corrected chi connectivity index (χ3v) is 6.44. The molecule has 1 fully saturated rings. The van der Waals surface area contributed by atoms with E-state index in [2.05, 4.69) is 15.3 Å². The van der Waals surface area contributed by atoms with E-state index < -0.39 is 9.84 Å². The number of benzene rings is 1. The predicted octanol–water partition coefficient (Wildman–Crippen LogP) is 3.53. The van der Waals surface area contributed by atoms with Crippen LogP contribution in [0.3, 0.4) is 0 Å². The third-order valence-electron chi connectivity index (χ3n) is 5.41. The van der Waals surface area contributed by atoms with Gasteiger partial charge in [0.25, 0.3) is 0 Å². The van der Waals surface area contributed by atoms with E-state index in [9.17, 15) is 13.2 Å². The van der Waals surface area contributed by atoms with Crippen molar-refractivity contribution in [1.29, 1.82) is 0 Å². The molecule has 0 spiro atoms. The van der Waals surface area contributed by atoms with Crippen molar-refractivity contribution in [1.82, 2.24) is 14.4 Å². The number of rotatable bonds is 9. The van der Waals surface area contributed by atoms with Gasteiger partial charge in [-0.2, -0.15) is 0 Å². The zero-order valence-corrected chi connectivity index (χ0v) is 18.1. The van der Waals surface area contributed by atoms with Crippen molar-refractivity contribution in [3.05, 3.63) is 47.9 Å². The summed E-state index contributed by atoms with van der Waals surface area (Å²) < 4.78 is 24.5. The fraction of sp³-hybridized carbons (Fsp3) is 0.409. The monoisotopic (exact) mass is 426 g/mol. The fourth-order valence-electron chi connectivity index (χ4n) is 3.63. The Kier molecular flexibility index (Phi) is 5.60. The molecule has 2 aromatic heterocycles. The summed E-state index contributed by atoms with van der Waals surface area (Å²) >= 11 is 0. The molecule has 1 N–H and O–H groups in total. The number of Topliss-reactive ketones (excluding diaryl/α,β-unsaturated/α-hetero) is 1. The smallest absolute Gasteiger partial charge is 0.180 e. The fourth-order valence-corrected chi connectivity index (χ4v) is 4.30. The van der Waals surface area contributed by atoms with Gasteiger partial charge in [0.1, 0.15) is 9.84 Å². The molecule has 0 radical (unpaired) electrons. The highest BCUT2D eigenvalue weighted by molar-refractivity contribution is 7.90. The molecule has 0 bridgehead atoms. The Morgan fingerprint density at radius 1 is 1.27 bits per heavy atom. The van der Waals surface area contributed by atoms with Crippen LogP contribution >= 0.6 is 0 Å². The Hall–Kier alpha value is -2.74. The number of carbonyl (C=O) groups is 1. The summed E-state index contributed by atoms with van der Waals surface area (Å²) in [4.78, 5) is 21.3. The van der Waals surface area contributed by atoms with Gasteiger partial charge >= 0.3 is 0 Å². The van der Waals surface area contributed by atoms with Gasteiger partial charge in [0, 0.05) is 42.7 Å². The summed E-state index contributed by atoms with van der Waals surface area (Å²) in [6, 6.07) is 5.92. The zero-order valence-electron chi connectivity index (χ0n) is 17.3. The van der Waals surface area contributed by atoms with Crippen molar-refractivity contribution >= 4 is 27.1 Å². The van der Waals surface area contributed by atoms with Gasteiger partial charge in [-0.15, -0.1) is 0 Å². The van der Waals surface area contributed by atoms with Crippen LogP contribution in [-0.4, -0.2) is 47.1 Å². The van der Waals surface area contributed by atoms with Gasteiger partial charge in [-0.05, 0) is 43.7 Å². The maximum atomic E-state index is 12.5. The topological polar surface area (TPSA) is 93.4 Å². The second kappa shape index (κ2) is 8.18. The summed E-state index contributed by atoms with van der Waals surface area (Å²) in [6.07, 6.45) is 10.1. The Bertz CT molecular complexity index is 1200. The van der Waals surface area contributed by atoms with Crippen molar-refractivity contribution in [2.24, 2.45) is 5.92 Å². The highest BCUT2D eigenvalue weighted by atomic mass is 32.2. The maximum absolute atomic E-state index is 12.5. The Morgan fingerprint density at radius 3 is 2.77 bits per heavy atom. The van der Waals surface area contributed by atoms with E-state index in [-0.39, 0.29) is 11.5 Å². The molecule has 1 aliphatic carbocycles. The molecule has 30 heavy (non-hydrogen) atoms. The van der Waals surface area contributed by atoms with E-state index >= 15 is 0 Å². The molecule has 0 unspecified atom stereocenters. The number of fused-ring (bicyclic) bond motifs is 1. The normalized spacial score (nSPS) is 14.2. The first-order chi connectivity index (χ1) is 14.3. The van der Waals surface area contributed by atoms with E-state index in [1.165, 1.54) is 19.1 Å². The molecule has 2 heterocycles. The van der Waals surface area contributed by atoms with Gasteiger partial charge in [0.05, 0.1) is 17.6 Å². The molecule has 1 aliphatic rings. The van der Waals surface area contributed by atoms with Crippen LogP contribution in [0.4, 0.5) is 5.82 Å². The van der Waals surface area contributed by atoms with Crippen LogP contribution in [0.5, 0.6) is 0 Å². The summed E-state index contributed by atoms with van der Waals surface area (Å²) in [5.41, 5.74) is 4.35. The summed E-state index contributed by atoms with van der Waals surface area (Å²) in [5.74, 6) is 1.55. The highest BCUT2D eigenvalue weighted by Gasteiger charge is 2.25. The minimum atomic E-state index is -2.98. The SMILES string of the molecule is Cc1cc(-c2cnc3c(NCCCS(C)(=O)=O)nccn23)ccc1C(=O)CC1CC1. The van der Waals surface area contributed by atoms with Gasteiger partial charge in [0.15, 0.2) is 17.2 Å². The zero-order chi connectivity index (χ0) is 21.3. The van der Waals surface area contributed by atoms with Gasteiger partial charge < -0.3 is 5.32 Å². The van der Waals surface area contributed by atoms with Crippen LogP contribution in [0, 0.1) is 12.8 Å². The minimum absolute atomic E-state index is 0.133. The van der Waals surface area contributed by atoms with Crippen LogP contribution in [0.2, 0.25) is 0 Å². The number of aryl methyl sites for hydroxylation is 1. The molecular weight excluding hydrogens is 400 g/mol. The van der Waals surface area contributed by atoms with Gasteiger partial charge in [-0.1, -0.05) is 12.1 Å². The second-order valence-corrected chi connectivity index (χ2v) is 10.4. The Labute approximate surface area is 176 Å². The van der Waals surface area contributed by atoms with E-state index in [0.29, 0.717) is 36.8 Å². The molecule has 3 aromatic rings. The lowest BCUT2D eigenvalue weighted by molar-refractivity contribution is 0.0975. The molecule has 0 saturated heterocycles. The molecule has 1 saturated carbocycles. The number of anilines is 1. The average molecular weight is 427 g/mol. The van der Waals surface area contributed by atoms with Crippen LogP contribution in [-0.2, 0) is 9.84 Å². The van der Waals surface area contributed by atoms with Crippen molar-refractivity contribution in [2.75, 3.05) is 23.9 Å². The van der Waals surface area contributed by atoms with Gasteiger partial charge in [-0.3, -0.25) is 9.20 Å². The van der Waals surface area contributed by atoms with E-state index in [0.717, 1.165) is 22.4 Å². The number of imidazole rings is 1. The number of aromatic nitrogens is 3. The molecular formula is C22H26N4O3S. The van der Waals surface area contributed by atoms with Crippen molar-refractivity contribution in [3.63, 3.8) is 0 Å². The lowest BCUT2D eigenvalue weighted by Gasteiger charge is -2.09. The number of sulfone groups is 1. The van der Waals surface area contributed by atoms with Crippen molar-refractivity contribution in [3.8, 4) is 11.3 Å². The molecule has 4 rings (SSSR count). The predicted molar refractivity (Wildman–Crippen MR) is 118 cm³/mol. The van der Waals surface area contributed by atoms with E-state index in [1.807, 2.05) is 35.7 Å². The standard InChI is InChI=1S/C22H26N4O3S/c1-15-12-17(6-7-18(15)20(27)13-16-4-5-16)19-14-25-22-21(24-9-10-26(19)22)23-8-3-11-30(2,28)29/h6-7,9-10,12,14,16H,3-5,8,11,13H2,1-2H3,(H,23,24). The quantitative estimate of drug-likeness (QED) is 0.416. The Morgan fingerprint density at radius 2 is 2.07 bits per heavy atom. The van der Waals surface area contributed by atoms with Crippen LogP contribution in [0.1, 0.15) is 41.6 Å². The Balaban J connectivity index is 1.54. The van der Waals surface area contributed by atoms with Crippen molar-refractivity contribution < 1.29 is 13.2 Å². The van der Waals surface area contributed by atoms with Gasteiger partial charge in [0.2, 0.25) is 0 Å². The molecule has 158 valence electrons. The number of ketones is 1. The largest absolute Gasteiger partial charge is 0.367 e. The molecule has 7 nitrogen and oxygen atoms in total. The van der Waals surface area contributed by atoms with Crippen LogP contribution in [0.25, 0.3) is 16.9 Å². The summed E-state index contributed by atoms with van der Waals surface area (Å²) in [6.45, 7) is 2.47. The van der Waals surface area contributed by atoms with E-state index in [1.54, 1.807) is 12.4 Å². The van der Waals surface area contributed by atoms with E-state index in [4.69, 9.17) is 0 Å². The first-order valence-electron chi connectivity index (χ1n) is 10.2. The average Bonchev–Trinajstić information content (AvgIpc) is 3.39. The molecule has 0 atom stereocenters. The molecule has 0 aliphatic heterocycles. The third kappa shape index (κ3) is 4.70. The molecule has 0 amide bonds. The number of carbonyl (C=O) groups excluding carboxylic acids is 1. The lowest BCUT2D eigenvalue weighted by Crippen LogP contribution is -2.11. The minimum Gasteiger partial charge on any atom is -0.367 e.